The lowest BCUT2D eigenvalue weighted by Gasteiger charge is -2.29. The van der Waals surface area contributed by atoms with Gasteiger partial charge in [-0.05, 0) is 30.5 Å². The third-order valence-electron chi connectivity index (χ3n) is 4.10. The molecule has 3 N–H and O–H groups in total. The normalized spacial score (nSPS) is 22.5. The molecule has 0 bridgehead atoms. The van der Waals surface area contributed by atoms with Crippen LogP contribution in [0, 0.1) is 0 Å². The maximum Gasteiger partial charge on any atom is 0.412 e. The number of urea groups is 1. The van der Waals surface area contributed by atoms with Gasteiger partial charge in [-0.3, -0.25) is 0 Å². The molecule has 5 nitrogen and oxygen atoms in total. The standard InChI is InChI=1S/C16H21F3N2O3/c1-24-11-8-6-10(7-9-11)14(16(17,18)19)21-15(23)20-12-4-2-3-5-13(12)22/h6-9,12-14,22H,2-5H2,1H3,(H2,20,21,23)/t12-,13-,14+/m1/s1. The fourth-order valence-corrected chi connectivity index (χ4v) is 2.77. The van der Waals surface area contributed by atoms with Crippen molar-refractivity contribution in [1.29, 1.82) is 0 Å². The molecule has 3 atom stereocenters. The number of hydrogen-bond acceptors (Lipinski definition) is 3. The van der Waals surface area contributed by atoms with E-state index in [4.69, 9.17) is 4.74 Å². The quantitative estimate of drug-likeness (QED) is 0.785. The van der Waals surface area contributed by atoms with Crippen LogP contribution in [0.1, 0.15) is 37.3 Å². The summed E-state index contributed by atoms with van der Waals surface area (Å²) in [4.78, 5) is 12.0. The Bertz CT molecular complexity index is 548. The zero-order chi connectivity index (χ0) is 17.7. The Balaban J connectivity index is 2.06. The van der Waals surface area contributed by atoms with Crippen LogP contribution in [-0.4, -0.2) is 36.6 Å². The number of alkyl halides is 3. The van der Waals surface area contributed by atoms with Crippen molar-refractivity contribution in [3.8, 4) is 5.75 Å². The van der Waals surface area contributed by atoms with E-state index in [-0.39, 0.29) is 5.56 Å². The number of rotatable bonds is 4. The highest BCUT2D eigenvalue weighted by molar-refractivity contribution is 5.75. The summed E-state index contributed by atoms with van der Waals surface area (Å²) in [5.41, 5.74) is -0.0948. The second-order valence-electron chi connectivity index (χ2n) is 5.82. The van der Waals surface area contributed by atoms with Gasteiger partial charge in [0.2, 0.25) is 0 Å². The minimum Gasteiger partial charge on any atom is -0.497 e. The van der Waals surface area contributed by atoms with E-state index in [1.54, 1.807) is 0 Å². The van der Waals surface area contributed by atoms with Gasteiger partial charge in [0.25, 0.3) is 0 Å². The molecule has 2 rings (SSSR count). The lowest BCUT2D eigenvalue weighted by molar-refractivity contribution is -0.155. The molecule has 134 valence electrons. The van der Waals surface area contributed by atoms with Gasteiger partial charge in [0.15, 0.2) is 6.04 Å². The first-order chi connectivity index (χ1) is 11.3. The van der Waals surface area contributed by atoms with E-state index >= 15 is 0 Å². The van der Waals surface area contributed by atoms with Crippen LogP contribution in [0.4, 0.5) is 18.0 Å². The van der Waals surface area contributed by atoms with Crippen molar-refractivity contribution in [2.75, 3.05) is 7.11 Å². The lowest BCUT2D eigenvalue weighted by atomic mass is 9.93. The van der Waals surface area contributed by atoms with Crippen LogP contribution in [0.2, 0.25) is 0 Å². The number of aliphatic hydroxyl groups excluding tert-OH is 1. The number of hydrogen-bond donors (Lipinski definition) is 3. The Kier molecular flexibility index (Phi) is 5.93. The number of carbonyl (C=O) groups excluding carboxylic acids is 1. The topological polar surface area (TPSA) is 70.6 Å². The predicted octanol–water partition coefficient (Wildman–Crippen LogP) is 2.90. The molecule has 1 aromatic rings. The summed E-state index contributed by atoms with van der Waals surface area (Å²) in [5.74, 6) is 0.425. The van der Waals surface area contributed by atoms with Crippen LogP contribution in [-0.2, 0) is 0 Å². The summed E-state index contributed by atoms with van der Waals surface area (Å²) in [7, 11) is 1.41. The van der Waals surface area contributed by atoms with E-state index in [0.29, 0.717) is 18.6 Å². The molecule has 0 spiro atoms. The number of methoxy groups -OCH3 is 1. The predicted molar refractivity (Wildman–Crippen MR) is 81.7 cm³/mol. The second-order valence-corrected chi connectivity index (χ2v) is 5.82. The SMILES string of the molecule is COc1ccc([C@H](NC(=O)N[C@@H]2CCCC[C@H]2O)C(F)(F)F)cc1. The van der Waals surface area contributed by atoms with E-state index in [9.17, 15) is 23.1 Å². The molecular weight excluding hydrogens is 325 g/mol. The molecule has 1 aliphatic carbocycles. The Hall–Kier alpha value is -1.96. The summed E-state index contributed by atoms with van der Waals surface area (Å²) < 4.78 is 44.8. The molecule has 0 unspecified atom stereocenters. The van der Waals surface area contributed by atoms with Crippen molar-refractivity contribution in [2.45, 2.75) is 50.0 Å². The number of halogens is 3. The van der Waals surface area contributed by atoms with E-state index in [2.05, 4.69) is 5.32 Å². The van der Waals surface area contributed by atoms with Crippen LogP contribution < -0.4 is 15.4 Å². The third-order valence-corrected chi connectivity index (χ3v) is 4.10. The molecule has 8 heteroatoms. The van der Waals surface area contributed by atoms with E-state index in [1.165, 1.54) is 31.4 Å². The number of ether oxygens (including phenoxy) is 1. The first-order valence-corrected chi connectivity index (χ1v) is 7.77. The van der Waals surface area contributed by atoms with E-state index < -0.39 is 30.4 Å². The van der Waals surface area contributed by atoms with Crippen LogP contribution >= 0.6 is 0 Å². The number of carbonyl (C=O) groups is 1. The molecular formula is C16H21F3N2O3. The molecule has 1 saturated carbocycles. The van der Waals surface area contributed by atoms with Gasteiger partial charge in [-0.1, -0.05) is 25.0 Å². The summed E-state index contributed by atoms with van der Waals surface area (Å²) in [5, 5.41) is 14.2. The maximum atomic E-state index is 13.3. The highest BCUT2D eigenvalue weighted by Crippen LogP contribution is 2.33. The van der Waals surface area contributed by atoms with Crippen LogP contribution in [0.25, 0.3) is 0 Å². The summed E-state index contributed by atoms with van der Waals surface area (Å²) in [6.45, 7) is 0. The van der Waals surface area contributed by atoms with Gasteiger partial charge in [-0.2, -0.15) is 13.2 Å². The Morgan fingerprint density at radius 1 is 1.25 bits per heavy atom. The minimum atomic E-state index is -4.64. The van der Waals surface area contributed by atoms with Crippen molar-refractivity contribution in [3.63, 3.8) is 0 Å². The molecule has 1 aliphatic rings. The van der Waals surface area contributed by atoms with Gasteiger partial charge in [-0.15, -0.1) is 0 Å². The zero-order valence-electron chi connectivity index (χ0n) is 13.3. The molecule has 1 aromatic carbocycles. The number of aliphatic hydroxyl groups is 1. The van der Waals surface area contributed by atoms with E-state index in [0.717, 1.165) is 12.8 Å². The van der Waals surface area contributed by atoms with Crippen LogP contribution in [0.3, 0.4) is 0 Å². The first-order valence-electron chi connectivity index (χ1n) is 7.77. The van der Waals surface area contributed by atoms with Crippen molar-refractivity contribution < 1.29 is 27.8 Å². The number of benzene rings is 1. The molecule has 1 fully saturated rings. The monoisotopic (exact) mass is 346 g/mol. The van der Waals surface area contributed by atoms with Crippen molar-refractivity contribution in [1.82, 2.24) is 10.6 Å². The smallest absolute Gasteiger partial charge is 0.412 e. The lowest BCUT2D eigenvalue weighted by Crippen LogP contribution is -2.51. The van der Waals surface area contributed by atoms with Gasteiger partial charge in [0, 0.05) is 0 Å². The van der Waals surface area contributed by atoms with Crippen molar-refractivity contribution >= 4 is 6.03 Å². The fraction of sp³-hybridized carbons (Fsp3) is 0.562. The Morgan fingerprint density at radius 2 is 1.88 bits per heavy atom. The summed E-state index contributed by atoms with van der Waals surface area (Å²) in [6, 6.07) is 1.71. The average Bonchev–Trinajstić information content (AvgIpc) is 2.54. The van der Waals surface area contributed by atoms with Crippen LogP contribution in [0.15, 0.2) is 24.3 Å². The molecule has 0 heterocycles. The summed E-state index contributed by atoms with van der Waals surface area (Å²) >= 11 is 0. The van der Waals surface area contributed by atoms with Gasteiger partial charge >= 0.3 is 12.2 Å². The highest BCUT2D eigenvalue weighted by Gasteiger charge is 2.42. The number of amides is 2. The maximum absolute atomic E-state index is 13.3. The molecule has 0 aliphatic heterocycles. The average molecular weight is 346 g/mol. The minimum absolute atomic E-state index is 0.0948. The van der Waals surface area contributed by atoms with Crippen molar-refractivity contribution in [2.24, 2.45) is 0 Å². The van der Waals surface area contributed by atoms with Gasteiger partial charge in [0.1, 0.15) is 5.75 Å². The number of nitrogens with one attached hydrogen (secondary N) is 2. The molecule has 24 heavy (non-hydrogen) atoms. The fourth-order valence-electron chi connectivity index (χ4n) is 2.77. The highest BCUT2D eigenvalue weighted by atomic mass is 19.4. The molecule has 0 saturated heterocycles. The van der Waals surface area contributed by atoms with Gasteiger partial charge in [-0.25, -0.2) is 4.79 Å². The van der Waals surface area contributed by atoms with Crippen molar-refractivity contribution in [3.05, 3.63) is 29.8 Å². The van der Waals surface area contributed by atoms with Crippen LogP contribution in [0.5, 0.6) is 5.75 Å². The van der Waals surface area contributed by atoms with E-state index in [1.807, 2.05) is 5.32 Å². The van der Waals surface area contributed by atoms with Gasteiger partial charge < -0.3 is 20.5 Å². The Labute approximate surface area is 138 Å². The molecule has 0 aromatic heterocycles. The molecule has 2 amide bonds. The van der Waals surface area contributed by atoms with Gasteiger partial charge in [0.05, 0.1) is 19.3 Å². The summed E-state index contributed by atoms with van der Waals surface area (Å²) in [6.07, 6.45) is -2.62. The first kappa shape index (κ1) is 18.4. The zero-order valence-corrected chi connectivity index (χ0v) is 13.3. The molecule has 0 radical (unpaired) electrons. The largest absolute Gasteiger partial charge is 0.497 e. The second kappa shape index (κ2) is 7.74. The third kappa shape index (κ3) is 4.77. The Morgan fingerprint density at radius 3 is 2.42 bits per heavy atom.